The van der Waals surface area contributed by atoms with Gasteiger partial charge in [0.2, 0.25) is 11.6 Å². The number of nitrogens with one attached hydrogen (secondary N) is 3. The van der Waals surface area contributed by atoms with E-state index in [1.165, 1.54) is 46.1 Å². The third-order valence-electron chi connectivity index (χ3n) is 12.5. The molecule has 1 aromatic carbocycles. The number of hydrogen-bond donors (Lipinski definition) is 11. The molecule has 5 aliphatic rings. The van der Waals surface area contributed by atoms with E-state index < -0.39 is 137 Å². The molecule has 1 aliphatic carbocycles. The van der Waals surface area contributed by atoms with Crippen LogP contribution in [0.15, 0.2) is 46.7 Å². The molecule has 21 heteroatoms. The van der Waals surface area contributed by atoms with Crippen LogP contribution in [0.4, 0.5) is 0 Å². The first-order valence-corrected chi connectivity index (χ1v) is 22.4. The lowest BCUT2D eigenvalue weighted by Gasteiger charge is -2.40. The molecule has 19 nitrogen and oxygen atoms in total. The molecule has 6 rings (SSSR count). The van der Waals surface area contributed by atoms with E-state index in [-0.39, 0.29) is 44.8 Å². The molecule has 0 saturated carbocycles. The fourth-order valence-corrected chi connectivity index (χ4v) is 9.28. The SMILES string of the molecule is CO[C@H]1/C=C/O[C@@]2(C)Oc3c(C)c(O)c4c(c3C2=O)C(=O)C(SCCNC(=S)N[C@@H]2O[C@H](CO)[C@@H](O)[C@H](O)[C@H]2O)=C(NC(=O)/C(C)=C\C=C\[C@H](C)[C@H](O)[C@@H](C)[C@@H](O)[C@@H](C)[C@H](O)[C@@H]1C)C4=O. The Bertz CT molecular complexity index is 2160. The topological polar surface area (TPSA) is 303 Å². The molecular weight excluding hydrogens is 891 g/mol. The van der Waals surface area contributed by atoms with E-state index in [1.807, 2.05) is 0 Å². The monoisotopic (exact) mass is 949 g/mol. The van der Waals surface area contributed by atoms with E-state index in [0.717, 1.165) is 18.0 Å². The number of rotatable bonds is 7. The average molecular weight is 950 g/mol. The number of hydrogen-bond acceptors (Lipinski definition) is 18. The maximum Gasteiger partial charge on any atom is 0.312 e. The number of aliphatic hydroxyl groups is 7. The Kier molecular flexibility index (Phi) is 16.8. The van der Waals surface area contributed by atoms with Crippen molar-refractivity contribution in [2.24, 2.45) is 23.7 Å². The van der Waals surface area contributed by atoms with Gasteiger partial charge < -0.3 is 75.8 Å². The summed E-state index contributed by atoms with van der Waals surface area (Å²) >= 11 is 6.12. The van der Waals surface area contributed by atoms with Crippen LogP contribution in [0.3, 0.4) is 0 Å². The predicted molar refractivity (Wildman–Crippen MR) is 239 cm³/mol. The fourth-order valence-electron chi connectivity index (χ4n) is 8.13. The number of phenols is 1. The zero-order valence-electron chi connectivity index (χ0n) is 37.2. The lowest BCUT2D eigenvalue weighted by Crippen LogP contribution is -2.64. The maximum absolute atomic E-state index is 14.7. The number of phenolic OH excluding ortho intramolecular Hbond substituents is 1. The third-order valence-corrected chi connectivity index (χ3v) is 13.8. The number of fused-ring (bicyclic) bond motifs is 14. The Labute approximate surface area is 385 Å². The number of benzene rings is 1. The molecule has 4 heterocycles. The molecule has 1 fully saturated rings. The van der Waals surface area contributed by atoms with Crippen molar-refractivity contribution in [2.45, 2.75) is 109 Å². The van der Waals surface area contributed by atoms with Crippen LogP contribution in [0.5, 0.6) is 11.5 Å². The average Bonchev–Trinajstić information content (AvgIpc) is 3.54. The first kappa shape index (κ1) is 51.7. The summed E-state index contributed by atoms with van der Waals surface area (Å²) in [5.74, 6) is -9.28. The Balaban J connectivity index is 1.52. The normalized spacial score (nSPS) is 36.5. The quantitative estimate of drug-likeness (QED) is 0.130. The number of methoxy groups -OCH3 is 1. The minimum atomic E-state index is -2.14. The summed E-state index contributed by atoms with van der Waals surface area (Å²) in [4.78, 5) is 57.0. The highest BCUT2D eigenvalue weighted by atomic mass is 32.2. The van der Waals surface area contributed by atoms with Gasteiger partial charge in [0.05, 0.1) is 58.9 Å². The van der Waals surface area contributed by atoms with Crippen molar-refractivity contribution in [2.75, 3.05) is 26.0 Å². The molecule has 0 radical (unpaired) electrons. The number of Topliss-reactive ketones (excluding diaryl/α,β-unsaturated/α-hetero) is 3. The number of carbonyl (C=O) groups excluding carboxylic acids is 4. The zero-order valence-corrected chi connectivity index (χ0v) is 38.8. The highest BCUT2D eigenvalue weighted by Crippen LogP contribution is 2.49. The first-order chi connectivity index (χ1) is 30.5. The summed E-state index contributed by atoms with van der Waals surface area (Å²) in [6, 6.07) is 0. The molecule has 0 spiro atoms. The highest BCUT2D eigenvalue weighted by molar-refractivity contribution is 8.04. The van der Waals surface area contributed by atoms with E-state index in [9.17, 15) is 60.0 Å². The molecule has 5 bridgehead atoms. The van der Waals surface area contributed by atoms with Crippen LogP contribution in [0.2, 0.25) is 0 Å². The number of carbonyl (C=O) groups is 4. The molecule has 14 atom stereocenters. The van der Waals surface area contributed by atoms with Gasteiger partial charge in [0.15, 0.2) is 11.3 Å². The van der Waals surface area contributed by atoms with Crippen LogP contribution in [-0.2, 0) is 19.0 Å². The van der Waals surface area contributed by atoms with E-state index in [1.54, 1.807) is 33.8 Å². The molecular formula is C44H59N3O16S2. The number of amides is 1. The van der Waals surface area contributed by atoms with E-state index >= 15 is 0 Å². The summed E-state index contributed by atoms with van der Waals surface area (Å²) in [5, 5.41) is 93.4. The third kappa shape index (κ3) is 10.3. The summed E-state index contributed by atoms with van der Waals surface area (Å²) in [5.41, 5.74) is -1.85. The van der Waals surface area contributed by atoms with Crippen LogP contribution in [-0.4, -0.2) is 156 Å². The van der Waals surface area contributed by atoms with Crippen LogP contribution in [0, 0.1) is 30.6 Å². The van der Waals surface area contributed by atoms with Crippen molar-refractivity contribution in [3.05, 3.63) is 69.0 Å². The van der Waals surface area contributed by atoms with Crippen LogP contribution in [0.1, 0.15) is 78.2 Å². The zero-order chi connectivity index (χ0) is 48.4. The van der Waals surface area contributed by atoms with E-state index in [0.29, 0.717) is 0 Å². The van der Waals surface area contributed by atoms with Crippen molar-refractivity contribution in [1.29, 1.82) is 0 Å². The lowest BCUT2D eigenvalue weighted by molar-refractivity contribution is -0.232. The van der Waals surface area contributed by atoms with Gasteiger partial charge in [-0.15, -0.1) is 11.8 Å². The van der Waals surface area contributed by atoms with Crippen molar-refractivity contribution < 1.29 is 79.0 Å². The minimum absolute atomic E-state index is 0.0207. The van der Waals surface area contributed by atoms with Crippen LogP contribution in [0.25, 0.3) is 0 Å². The Morgan fingerprint density at radius 1 is 0.877 bits per heavy atom. The summed E-state index contributed by atoms with van der Waals surface area (Å²) in [6.45, 7) is 10.1. The largest absolute Gasteiger partial charge is 0.507 e. The molecule has 0 unspecified atom stereocenters. The predicted octanol–water partition coefficient (Wildman–Crippen LogP) is 0.384. The molecule has 0 aromatic heterocycles. The van der Waals surface area contributed by atoms with Crippen molar-refractivity contribution in [1.82, 2.24) is 16.0 Å². The molecule has 1 aromatic rings. The number of thioether (sulfide) groups is 1. The minimum Gasteiger partial charge on any atom is -0.507 e. The number of ether oxygens (including phenoxy) is 4. The smallest absolute Gasteiger partial charge is 0.312 e. The van der Waals surface area contributed by atoms with E-state index in [4.69, 9.17) is 31.2 Å². The Morgan fingerprint density at radius 3 is 2.17 bits per heavy atom. The maximum atomic E-state index is 14.7. The number of aliphatic hydroxyl groups excluding tert-OH is 7. The molecule has 1 amide bonds. The van der Waals surface area contributed by atoms with Crippen LogP contribution < -0.4 is 20.7 Å². The molecule has 65 heavy (non-hydrogen) atoms. The Hall–Kier alpha value is -4.26. The van der Waals surface area contributed by atoms with Crippen LogP contribution >= 0.6 is 24.0 Å². The number of thiocarbonyl (C=S) groups is 1. The molecule has 4 aliphatic heterocycles. The summed E-state index contributed by atoms with van der Waals surface area (Å²) in [7, 11) is 1.39. The van der Waals surface area contributed by atoms with Gasteiger partial charge in [0, 0.05) is 61.1 Å². The van der Waals surface area contributed by atoms with Gasteiger partial charge in [-0.2, -0.15) is 0 Å². The van der Waals surface area contributed by atoms with Gasteiger partial charge in [0.25, 0.3) is 11.7 Å². The van der Waals surface area contributed by atoms with Gasteiger partial charge in [-0.1, -0.05) is 45.9 Å². The number of aromatic hydroxyl groups is 1. The van der Waals surface area contributed by atoms with Crippen molar-refractivity contribution in [3.8, 4) is 11.5 Å². The van der Waals surface area contributed by atoms with Gasteiger partial charge in [-0.05, 0) is 32.1 Å². The standard InChI is InChI=1S/C44H59N3O16S2/c1-17-10-9-11-18(2)41(59)46-28-34(54)26-25(35(55)39(28)65-15-13-45-43(64)47-42-37(57)36(56)33(53)24(16-48)62-42)27-38(22(6)32(26)52)63-44(7,40(27)58)61-14-12-23(60-8)19(3)30(50)21(5)31(51)20(4)29(17)49/h9-12,14,17,19-21,23-24,29-31,33,36-37,42,48-53,56-57H,13,15-16H2,1-8H3,(H,46,59)(H2,45,47,64)/b10-9+,14-12+,18-11-/t17-,19+,20+,21-,23-,24+,29-,30+,31+,33+,36-,37+,42+,44-/m0/s1. The highest BCUT2D eigenvalue weighted by Gasteiger charge is 2.53. The van der Waals surface area contributed by atoms with E-state index in [2.05, 4.69) is 16.0 Å². The van der Waals surface area contributed by atoms with Gasteiger partial charge in [-0.25, -0.2) is 0 Å². The number of allylic oxidation sites excluding steroid dienone is 4. The number of ketones is 3. The van der Waals surface area contributed by atoms with Gasteiger partial charge in [-0.3, -0.25) is 19.2 Å². The second kappa shape index (κ2) is 21.1. The van der Waals surface area contributed by atoms with Crippen molar-refractivity contribution in [3.63, 3.8) is 0 Å². The molecule has 11 N–H and O–H groups in total. The lowest BCUT2D eigenvalue weighted by atomic mass is 9.78. The second-order valence-corrected chi connectivity index (χ2v) is 18.4. The van der Waals surface area contributed by atoms with Crippen molar-refractivity contribution >= 4 is 52.3 Å². The Morgan fingerprint density at radius 2 is 1.52 bits per heavy atom. The first-order valence-electron chi connectivity index (χ1n) is 21.0. The summed E-state index contributed by atoms with van der Waals surface area (Å²) < 4.78 is 23.0. The fraction of sp³-hybridized carbons (Fsp3) is 0.568. The van der Waals surface area contributed by atoms with Gasteiger partial charge >= 0.3 is 5.79 Å². The second-order valence-electron chi connectivity index (χ2n) is 16.9. The summed E-state index contributed by atoms with van der Waals surface area (Å²) in [6.07, 6.45) is -4.53. The molecule has 1 saturated heterocycles. The van der Waals surface area contributed by atoms with Gasteiger partial charge in [0.1, 0.15) is 41.6 Å². The molecule has 358 valence electrons.